The molecule has 0 saturated heterocycles. The van der Waals surface area contributed by atoms with Gasteiger partial charge < -0.3 is 0 Å². The molecule has 32 valence electrons. The molecule has 0 fully saturated rings. The Morgan fingerprint density at radius 1 is 1.33 bits per heavy atom. The van der Waals surface area contributed by atoms with E-state index in [0.717, 1.165) is 0 Å². The first kappa shape index (κ1) is 4.34. The fourth-order valence-electron chi connectivity index (χ4n) is 0.250. The van der Waals surface area contributed by atoms with Crippen LogP contribution in [0.5, 0.6) is 0 Å². The van der Waals surface area contributed by atoms with Crippen molar-refractivity contribution < 1.29 is 0 Å². The summed E-state index contributed by atoms with van der Waals surface area (Å²) in [5.41, 5.74) is 0. The molecule has 0 amide bonds. The van der Waals surface area contributed by atoms with Crippen molar-refractivity contribution in [2.75, 3.05) is 0 Å². The first-order valence-corrected chi connectivity index (χ1v) is 10.2. The van der Waals surface area contributed by atoms with Crippen molar-refractivity contribution in [1.82, 2.24) is 0 Å². The third kappa shape index (κ3) is 0.631. The number of nitrogens with zero attached hydrogens (tertiary/aromatic N) is 2. The monoisotopic (exact) mass is 190 g/mol. The van der Waals surface area contributed by atoms with Crippen molar-refractivity contribution in [1.29, 1.82) is 0 Å². The first-order valence-electron chi connectivity index (χ1n) is 1.89. The van der Waals surface area contributed by atoms with E-state index in [2.05, 4.69) is 22.3 Å². The molecule has 0 bridgehead atoms. The third-order valence-corrected chi connectivity index (χ3v) is 4.34. The van der Waals surface area contributed by atoms with Crippen LogP contribution in [0.25, 0.3) is 0 Å². The van der Waals surface area contributed by atoms with Crippen molar-refractivity contribution in [2.45, 2.75) is 9.88 Å². The second kappa shape index (κ2) is 1.07. The van der Waals surface area contributed by atoms with Gasteiger partial charge >= 0.3 is 41.2 Å². The van der Waals surface area contributed by atoms with Crippen molar-refractivity contribution >= 4 is 24.9 Å². The molecule has 1 aliphatic rings. The number of hydrogen-bond donors (Lipinski definition) is 0. The Balaban J connectivity index is 2.69. The van der Waals surface area contributed by atoms with Crippen LogP contribution in [0.1, 0.15) is 0 Å². The van der Waals surface area contributed by atoms with E-state index in [0.29, 0.717) is 0 Å². The van der Waals surface area contributed by atoms with E-state index in [4.69, 9.17) is 0 Å². The third-order valence-electron chi connectivity index (χ3n) is 0.647. The summed E-state index contributed by atoms with van der Waals surface area (Å²) in [4.78, 5) is 4.29. The first-order chi connectivity index (χ1) is 2.71. The summed E-state index contributed by atoms with van der Waals surface area (Å²) < 4.78 is 7.99. The van der Waals surface area contributed by atoms with E-state index in [9.17, 15) is 0 Å². The Kier molecular flexibility index (Phi) is 0.776. The van der Waals surface area contributed by atoms with E-state index < -0.39 is 18.9 Å². The second-order valence-electron chi connectivity index (χ2n) is 1.82. The number of hydrogen-bond acceptors (Lipinski definition) is 2. The molecule has 1 heterocycles. The molecule has 1 aliphatic heterocycles. The molecule has 0 unspecified atom stereocenters. The van der Waals surface area contributed by atoms with Gasteiger partial charge in [0.1, 0.15) is 0 Å². The van der Waals surface area contributed by atoms with Crippen LogP contribution in [0.2, 0.25) is 9.88 Å². The zero-order valence-electron chi connectivity index (χ0n) is 3.89. The average Bonchev–Trinajstić information content (AvgIpc) is 1.32. The van der Waals surface area contributed by atoms with Crippen LogP contribution in [0, 0.1) is 0 Å². The molecule has 0 saturated carbocycles. The van der Waals surface area contributed by atoms with Gasteiger partial charge in [-0.15, -0.1) is 0 Å². The molecular formula is C3H6N2Sn. The Hall–Kier alpha value is 0.179. The van der Waals surface area contributed by atoms with Gasteiger partial charge in [-0.05, 0) is 0 Å². The summed E-state index contributed by atoms with van der Waals surface area (Å²) in [7, 11) is 0. The van der Waals surface area contributed by atoms with Crippen LogP contribution < -0.4 is 0 Å². The van der Waals surface area contributed by atoms with Gasteiger partial charge in [-0.2, -0.15) is 0 Å². The van der Waals surface area contributed by atoms with E-state index in [-0.39, 0.29) is 0 Å². The molecule has 0 aromatic heterocycles. The van der Waals surface area contributed by atoms with E-state index in [1.54, 1.807) is 0 Å². The number of rotatable bonds is 0. The standard InChI is InChI=1S/CN2.2CH3.Sn/c2-1-3;;;/h;2*1H3;/q-2;;;+2. The van der Waals surface area contributed by atoms with Crippen molar-refractivity contribution in [2.24, 2.45) is 6.43 Å². The van der Waals surface area contributed by atoms with E-state index >= 15 is 0 Å². The Morgan fingerprint density at radius 2 is 1.67 bits per heavy atom. The van der Waals surface area contributed by atoms with Gasteiger partial charge in [0.25, 0.3) is 0 Å². The van der Waals surface area contributed by atoms with Crippen LogP contribution in [0.3, 0.4) is 0 Å². The molecule has 0 aromatic carbocycles. The zero-order chi connectivity index (χ0) is 4.62. The molecule has 6 heavy (non-hydrogen) atoms. The van der Waals surface area contributed by atoms with Gasteiger partial charge in [-0.1, -0.05) is 0 Å². The van der Waals surface area contributed by atoms with Gasteiger partial charge in [-0.25, -0.2) is 0 Å². The van der Waals surface area contributed by atoms with E-state index in [1.165, 1.54) is 0 Å². The van der Waals surface area contributed by atoms with Gasteiger partial charge in [0.05, 0.1) is 0 Å². The van der Waals surface area contributed by atoms with Crippen LogP contribution >= 0.6 is 0 Å². The van der Waals surface area contributed by atoms with Gasteiger partial charge in [0.2, 0.25) is 0 Å². The average molecular weight is 189 g/mol. The maximum atomic E-state index is 3.99. The Morgan fingerprint density at radius 3 is 1.67 bits per heavy atom. The predicted octanol–water partition coefficient (Wildman–Crippen LogP) is 0.876. The summed E-state index contributed by atoms with van der Waals surface area (Å²) in [6.07, 6.45) is 0. The van der Waals surface area contributed by atoms with Crippen molar-refractivity contribution in [3.63, 3.8) is 0 Å². The molecule has 1 rings (SSSR count). The van der Waals surface area contributed by atoms with E-state index in [1.807, 2.05) is 0 Å². The summed E-state index contributed by atoms with van der Waals surface area (Å²) in [6.45, 7) is 0. The molecule has 3 heteroatoms. The molecule has 0 aromatic rings. The Bertz CT molecular complexity index is 111. The predicted molar refractivity (Wildman–Crippen MR) is 27.3 cm³/mol. The maximum absolute atomic E-state index is 3.99. The Labute approximate surface area is 41.6 Å². The van der Waals surface area contributed by atoms with Crippen LogP contribution in [-0.2, 0) is 0 Å². The SMILES string of the molecule is [CH3][Sn]1([CH3])[N]=C=[N]1. The molecule has 0 N–H and O–H groups in total. The summed E-state index contributed by atoms with van der Waals surface area (Å²) >= 11 is -1.91. The second-order valence-corrected chi connectivity index (χ2v) is 11.6. The molecule has 0 spiro atoms. The summed E-state index contributed by atoms with van der Waals surface area (Å²) in [5.74, 6) is 0. The summed E-state index contributed by atoms with van der Waals surface area (Å²) in [5, 5.41) is 0. The van der Waals surface area contributed by atoms with Crippen LogP contribution in [-0.4, -0.2) is 24.9 Å². The quantitative estimate of drug-likeness (QED) is 0.505. The van der Waals surface area contributed by atoms with Crippen LogP contribution in [0.4, 0.5) is 0 Å². The summed E-state index contributed by atoms with van der Waals surface area (Å²) in [6, 6.07) is 2.54. The molecule has 0 radical (unpaired) electrons. The minimum absolute atomic E-state index is 1.91. The van der Waals surface area contributed by atoms with Gasteiger partial charge in [0, 0.05) is 0 Å². The zero-order valence-corrected chi connectivity index (χ0v) is 6.75. The van der Waals surface area contributed by atoms with Gasteiger partial charge in [0.15, 0.2) is 0 Å². The molecule has 0 atom stereocenters. The fraction of sp³-hybridized carbons (Fsp3) is 0.667. The molecule has 2 nitrogen and oxygen atoms in total. The van der Waals surface area contributed by atoms with Crippen molar-refractivity contribution in [3.05, 3.63) is 0 Å². The van der Waals surface area contributed by atoms with Crippen molar-refractivity contribution in [3.8, 4) is 0 Å². The van der Waals surface area contributed by atoms with Gasteiger partial charge in [-0.3, -0.25) is 0 Å². The fourth-order valence-corrected chi connectivity index (χ4v) is 1.68. The topological polar surface area (TPSA) is 24.7 Å². The van der Waals surface area contributed by atoms with Crippen LogP contribution in [0.15, 0.2) is 6.43 Å². The normalized spacial score (nSPS) is 23.7. The molecule has 0 aliphatic carbocycles. The minimum atomic E-state index is -1.91. The molecular weight excluding hydrogens is 183 g/mol.